The Morgan fingerprint density at radius 1 is 1.18 bits per heavy atom. The summed E-state index contributed by atoms with van der Waals surface area (Å²) in [6.07, 6.45) is 1.24. The van der Waals surface area contributed by atoms with Gasteiger partial charge in [0.05, 0.1) is 11.4 Å². The first-order chi connectivity index (χ1) is 7.94. The van der Waals surface area contributed by atoms with E-state index in [0.717, 1.165) is 17.6 Å². The molecule has 1 unspecified atom stereocenters. The SMILES string of the molecule is CC(C)(C)CC1CNc2ccc(Br)cc2NC1. The average Bonchev–Trinajstić information content (AvgIpc) is 2.39. The number of fused-ring (bicyclic) bond motifs is 1. The van der Waals surface area contributed by atoms with E-state index in [1.807, 2.05) is 0 Å². The normalized spacial score (nSPS) is 19.9. The van der Waals surface area contributed by atoms with E-state index >= 15 is 0 Å². The van der Waals surface area contributed by atoms with E-state index in [1.54, 1.807) is 0 Å². The molecule has 0 aromatic heterocycles. The van der Waals surface area contributed by atoms with Crippen molar-refractivity contribution in [1.82, 2.24) is 0 Å². The third-order valence-electron chi connectivity index (χ3n) is 3.05. The third kappa shape index (κ3) is 3.63. The number of anilines is 2. The van der Waals surface area contributed by atoms with E-state index in [2.05, 4.69) is 65.5 Å². The molecule has 3 heteroatoms. The van der Waals surface area contributed by atoms with E-state index in [-0.39, 0.29) is 0 Å². The van der Waals surface area contributed by atoms with Crippen molar-refractivity contribution in [2.75, 3.05) is 23.7 Å². The van der Waals surface area contributed by atoms with Crippen molar-refractivity contribution < 1.29 is 0 Å². The summed E-state index contributed by atoms with van der Waals surface area (Å²) in [7, 11) is 0. The largest absolute Gasteiger partial charge is 0.383 e. The third-order valence-corrected chi connectivity index (χ3v) is 3.54. The Hall–Kier alpha value is -0.700. The number of hydrogen-bond donors (Lipinski definition) is 2. The summed E-state index contributed by atoms with van der Waals surface area (Å²) >= 11 is 3.51. The van der Waals surface area contributed by atoms with Crippen molar-refractivity contribution in [2.45, 2.75) is 27.2 Å². The molecule has 1 aromatic carbocycles. The fourth-order valence-electron chi connectivity index (χ4n) is 2.41. The van der Waals surface area contributed by atoms with Crippen LogP contribution in [-0.4, -0.2) is 13.1 Å². The Morgan fingerprint density at radius 2 is 1.82 bits per heavy atom. The van der Waals surface area contributed by atoms with Gasteiger partial charge in [-0.15, -0.1) is 0 Å². The van der Waals surface area contributed by atoms with Crippen LogP contribution in [0.1, 0.15) is 27.2 Å². The minimum absolute atomic E-state index is 0.394. The number of halogens is 1. The van der Waals surface area contributed by atoms with Gasteiger partial charge in [-0.25, -0.2) is 0 Å². The molecule has 0 saturated carbocycles. The maximum atomic E-state index is 3.55. The van der Waals surface area contributed by atoms with Crippen LogP contribution in [0.15, 0.2) is 22.7 Å². The van der Waals surface area contributed by atoms with Gasteiger partial charge in [-0.05, 0) is 36.0 Å². The zero-order valence-corrected chi connectivity index (χ0v) is 12.4. The minimum Gasteiger partial charge on any atom is -0.383 e. The number of nitrogens with one attached hydrogen (secondary N) is 2. The Bertz CT molecular complexity index is 396. The molecule has 1 heterocycles. The topological polar surface area (TPSA) is 24.1 Å². The summed E-state index contributed by atoms with van der Waals surface area (Å²) in [6, 6.07) is 6.35. The first-order valence-electron chi connectivity index (χ1n) is 6.21. The quantitative estimate of drug-likeness (QED) is 0.806. The van der Waals surface area contributed by atoms with Crippen LogP contribution in [-0.2, 0) is 0 Å². The molecule has 1 aromatic rings. The Balaban J connectivity index is 2.06. The minimum atomic E-state index is 0.394. The van der Waals surface area contributed by atoms with Crippen LogP contribution < -0.4 is 10.6 Å². The molecule has 0 aliphatic carbocycles. The van der Waals surface area contributed by atoms with Crippen LogP contribution in [0.2, 0.25) is 0 Å². The van der Waals surface area contributed by atoms with Gasteiger partial charge < -0.3 is 10.6 Å². The van der Waals surface area contributed by atoms with Gasteiger partial charge in [0.15, 0.2) is 0 Å². The van der Waals surface area contributed by atoms with E-state index in [4.69, 9.17) is 0 Å². The van der Waals surface area contributed by atoms with Crippen LogP contribution in [0, 0.1) is 11.3 Å². The van der Waals surface area contributed by atoms with Gasteiger partial charge in [-0.1, -0.05) is 36.7 Å². The highest BCUT2D eigenvalue weighted by atomic mass is 79.9. The van der Waals surface area contributed by atoms with Crippen LogP contribution in [0.5, 0.6) is 0 Å². The molecule has 0 saturated heterocycles. The van der Waals surface area contributed by atoms with Crippen molar-refractivity contribution in [3.63, 3.8) is 0 Å². The molecule has 0 bridgehead atoms. The zero-order valence-electron chi connectivity index (χ0n) is 10.8. The lowest BCUT2D eigenvalue weighted by Gasteiger charge is -2.25. The lowest BCUT2D eigenvalue weighted by Crippen LogP contribution is -2.24. The first kappa shape index (κ1) is 12.7. The second-order valence-electron chi connectivity index (χ2n) is 6.08. The Kier molecular flexibility index (Phi) is 3.67. The number of hydrogen-bond acceptors (Lipinski definition) is 2. The van der Waals surface area contributed by atoms with E-state index in [9.17, 15) is 0 Å². The van der Waals surface area contributed by atoms with Crippen LogP contribution in [0.4, 0.5) is 11.4 Å². The highest BCUT2D eigenvalue weighted by Crippen LogP contribution is 2.31. The monoisotopic (exact) mass is 296 g/mol. The fraction of sp³-hybridized carbons (Fsp3) is 0.571. The number of rotatable bonds is 1. The summed E-state index contributed by atoms with van der Waals surface area (Å²) in [5, 5.41) is 7.09. The maximum Gasteiger partial charge on any atom is 0.0587 e. The summed E-state index contributed by atoms with van der Waals surface area (Å²) in [6.45, 7) is 9.03. The molecule has 0 spiro atoms. The van der Waals surface area contributed by atoms with Crippen molar-refractivity contribution >= 4 is 27.3 Å². The lowest BCUT2D eigenvalue weighted by atomic mass is 9.84. The summed E-state index contributed by atoms with van der Waals surface area (Å²) in [4.78, 5) is 0. The molecule has 0 amide bonds. The molecule has 2 nitrogen and oxygen atoms in total. The predicted molar refractivity (Wildman–Crippen MR) is 78.7 cm³/mol. The second kappa shape index (κ2) is 4.89. The van der Waals surface area contributed by atoms with Gasteiger partial charge in [0.1, 0.15) is 0 Å². The van der Waals surface area contributed by atoms with Gasteiger partial charge in [-0.2, -0.15) is 0 Å². The molecular weight excluding hydrogens is 276 g/mol. The van der Waals surface area contributed by atoms with Crippen molar-refractivity contribution in [2.24, 2.45) is 11.3 Å². The van der Waals surface area contributed by atoms with Gasteiger partial charge in [-0.3, -0.25) is 0 Å². The van der Waals surface area contributed by atoms with Crippen molar-refractivity contribution in [3.05, 3.63) is 22.7 Å². The van der Waals surface area contributed by atoms with Crippen molar-refractivity contribution in [1.29, 1.82) is 0 Å². The molecule has 1 aliphatic rings. The van der Waals surface area contributed by atoms with Gasteiger partial charge in [0, 0.05) is 17.6 Å². The molecule has 0 fully saturated rings. The zero-order chi connectivity index (χ0) is 12.5. The standard InChI is InChI=1S/C14H21BrN2/c1-14(2,3)7-10-8-16-12-5-4-11(15)6-13(12)17-9-10/h4-6,10,16-17H,7-9H2,1-3H3. The van der Waals surface area contributed by atoms with E-state index in [0.29, 0.717) is 11.3 Å². The lowest BCUT2D eigenvalue weighted by molar-refractivity contribution is 0.310. The smallest absolute Gasteiger partial charge is 0.0587 e. The van der Waals surface area contributed by atoms with Crippen molar-refractivity contribution in [3.8, 4) is 0 Å². The molecule has 0 radical (unpaired) electrons. The Labute approximate surface area is 112 Å². The maximum absolute atomic E-state index is 3.55. The second-order valence-corrected chi connectivity index (χ2v) is 7.00. The predicted octanol–water partition coefficient (Wildman–Crippen LogP) is 4.34. The van der Waals surface area contributed by atoms with Gasteiger partial charge in [0.2, 0.25) is 0 Å². The van der Waals surface area contributed by atoms with Crippen LogP contribution >= 0.6 is 15.9 Å². The highest BCUT2D eigenvalue weighted by molar-refractivity contribution is 9.10. The van der Waals surface area contributed by atoms with Gasteiger partial charge in [0.25, 0.3) is 0 Å². The summed E-state index contributed by atoms with van der Waals surface area (Å²) < 4.78 is 1.12. The molecule has 2 N–H and O–H groups in total. The summed E-state index contributed by atoms with van der Waals surface area (Å²) in [5.41, 5.74) is 2.81. The molecule has 94 valence electrons. The fourth-order valence-corrected chi connectivity index (χ4v) is 2.77. The first-order valence-corrected chi connectivity index (χ1v) is 7.01. The number of benzene rings is 1. The highest BCUT2D eigenvalue weighted by Gasteiger charge is 2.21. The van der Waals surface area contributed by atoms with Gasteiger partial charge >= 0.3 is 0 Å². The molecule has 2 rings (SSSR count). The molecule has 17 heavy (non-hydrogen) atoms. The summed E-state index contributed by atoms with van der Waals surface area (Å²) in [5.74, 6) is 0.682. The molecule has 1 atom stereocenters. The van der Waals surface area contributed by atoms with Crippen LogP contribution in [0.3, 0.4) is 0 Å². The average molecular weight is 297 g/mol. The molecular formula is C14H21BrN2. The van der Waals surface area contributed by atoms with Crippen LogP contribution in [0.25, 0.3) is 0 Å². The van der Waals surface area contributed by atoms with E-state index < -0.39 is 0 Å². The van der Waals surface area contributed by atoms with E-state index in [1.165, 1.54) is 17.8 Å². The molecule has 1 aliphatic heterocycles. The Morgan fingerprint density at radius 3 is 2.47 bits per heavy atom.